The molecule has 0 unspecified atom stereocenters. The van der Waals surface area contributed by atoms with Crippen molar-refractivity contribution >= 4 is 0 Å². The molecule has 0 spiro atoms. The Labute approximate surface area is 54.6 Å². The first kappa shape index (κ1) is 8.60. The fourth-order valence-corrected chi connectivity index (χ4v) is 0.557. The third-order valence-electron chi connectivity index (χ3n) is 1.03. The molecule has 9 heavy (non-hydrogen) atoms. The SMILES string of the molecule is C/C=C/CCCC(F)F. The summed E-state index contributed by atoms with van der Waals surface area (Å²) in [4.78, 5) is 0. The highest BCUT2D eigenvalue weighted by Crippen LogP contribution is 2.05. The van der Waals surface area contributed by atoms with Gasteiger partial charge in [-0.25, -0.2) is 8.78 Å². The number of hydrogen-bond donors (Lipinski definition) is 0. The van der Waals surface area contributed by atoms with Gasteiger partial charge in [0.05, 0.1) is 0 Å². The first-order valence-electron chi connectivity index (χ1n) is 3.16. The molecule has 0 aromatic heterocycles. The van der Waals surface area contributed by atoms with E-state index in [9.17, 15) is 8.78 Å². The van der Waals surface area contributed by atoms with Gasteiger partial charge in [0.1, 0.15) is 0 Å². The maximum atomic E-state index is 11.4. The molecular formula is C7H12F2. The smallest absolute Gasteiger partial charge is 0.211 e. The van der Waals surface area contributed by atoms with Crippen LogP contribution in [0.3, 0.4) is 0 Å². The molecule has 0 nitrogen and oxygen atoms in total. The lowest BCUT2D eigenvalue weighted by Gasteiger charge is -1.93. The average molecular weight is 134 g/mol. The number of rotatable bonds is 4. The van der Waals surface area contributed by atoms with E-state index in [0.29, 0.717) is 6.42 Å². The molecule has 0 aromatic rings. The Morgan fingerprint density at radius 2 is 2.11 bits per heavy atom. The Hall–Kier alpha value is -0.400. The molecule has 0 saturated carbocycles. The predicted molar refractivity (Wildman–Crippen MR) is 34.7 cm³/mol. The molecule has 0 heterocycles. The predicted octanol–water partition coefficient (Wildman–Crippen LogP) is 3.00. The van der Waals surface area contributed by atoms with Crippen LogP contribution in [0.15, 0.2) is 12.2 Å². The summed E-state index contributed by atoms with van der Waals surface area (Å²) in [6, 6.07) is 0. The Bertz CT molecular complexity index is 77.0. The zero-order valence-electron chi connectivity index (χ0n) is 5.61. The monoisotopic (exact) mass is 134 g/mol. The van der Waals surface area contributed by atoms with E-state index in [1.807, 2.05) is 19.1 Å². The van der Waals surface area contributed by atoms with E-state index in [-0.39, 0.29) is 6.42 Å². The second kappa shape index (κ2) is 5.73. The van der Waals surface area contributed by atoms with E-state index in [2.05, 4.69) is 0 Å². The van der Waals surface area contributed by atoms with Gasteiger partial charge in [-0.15, -0.1) is 0 Å². The second-order valence-electron chi connectivity index (χ2n) is 1.89. The van der Waals surface area contributed by atoms with Crippen molar-refractivity contribution in [2.45, 2.75) is 32.6 Å². The maximum absolute atomic E-state index is 11.4. The van der Waals surface area contributed by atoms with E-state index in [1.165, 1.54) is 0 Å². The van der Waals surface area contributed by atoms with Gasteiger partial charge in [-0.1, -0.05) is 12.2 Å². The van der Waals surface area contributed by atoms with Crippen LogP contribution in [-0.4, -0.2) is 6.43 Å². The highest BCUT2D eigenvalue weighted by molar-refractivity contribution is 4.76. The Kier molecular flexibility index (Phi) is 5.48. The van der Waals surface area contributed by atoms with Gasteiger partial charge < -0.3 is 0 Å². The van der Waals surface area contributed by atoms with Gasteiger partial charge in [0.25, 0.3) is 0 Å². The summed E-state index contributed by atoms with van der Waals surface area (Å²) in [7, 11) is 0. The van der Waals surface area contributed by atoms with Crippen molar-refractivity contribution in [2.24, 2.45) is 0 Å². The fraction of sp³-hybridized carbons (Fsp3) is 0.714. The van der Waals surface area contributed by atoms with Crippen LogP contribution < -0.4 is 0 Å². The average Bonchev–Trinajstić information content (AvgIpc) is 1.80. The lowest BCUT2D eigenvalue weighted by atomic mass is 10.2. The van der Waals surface area contributed by atoms with Crippen LogP contribution in [0, 0.1) is 0 Å². The number of unbranched alkanes of at least 4 members (excludes halogenated alkanes) is 1. The van der Waals surface area contributed by atoms with E-state index in [0.717, 1.165) is 6.42 Å². The molecule has 0 N–H and O–H groups in total. The number of halogens is 2. The van der Waals surface area contributed by atoms with E-state index < -0.39 is 6.43 Å². The van der Waals surface area contributed by atoms with E-state index >= 15 is 0 Å². The van der Waals surface area contributed by atoms with Gasteiger partial charge in [0.2, 0.25) is 6.43 Å². The van der Waals surface area contributed by atoms with Crippen molar-refractivity contribution in [1.29, 1.82) is 0 Å². The van der Waals surface area contributed by atoms with Gasteiger partial charge >= 0.3 is 0 Å². The van der Waals surface area contributed by atoms with Crippen LogP contribution in [0.2, 0.25) is 0 Å². The molecule has 0 aliphatic carbocycles. The summed E-state index contributed by atoms with van der Waals surface area (Å²) in [5.74, 6) is 0. The lowest BCUT2D eigenvalue weighted by Crippen LogP contribution is -1.87. The van der Waals surface area contributed by atoms with Crippen LogP contribution >= 0.6 is 0 Å². The summed E-state index contributed by atoms with van der Waals surface area (Å²) in [6.07, 6.45) is 3.07. The molecule has 54 valence electrons. The van der Waals surface area contributed by atoms with Gasteiger partial charge in [0.15, 0.2) is 0 Å². The minimum Gasteiger partial charge on any atom is -0.211 e. The van der Waals surface area contributed by atoms with Gasteiger partial charge in [-0.05, 0) is 19.8 Å². The highest BCUT2D eigenvalue weighted by Gasteiger charge is 1.98. The maximum Gasteiger partial charge on any atom is 0.238 e. The molecule has 2 heteroatoms. The number of alkyl halides is 2. The summed E-state index contributed by atoms with van der Waals surface area (Å²) < 4.78 is 22.9. The standard InChI is InChI=1S/C7H12F2/c1-2-3-4-5-6-7(8)9/h2-3,7H,4-6H2,1H3/b3-2+. The van der Waals surface area contributed by atoms with Gasteiger partial charge in [-0.3, -0.25) is 0 Å². The number of hydrogen-bond acceptors (Lipinski definition) is 0. The van der Waals surface area contributed by atoms with Crippen LogP contribution in [-0.2, 0) is 0 Å². The van der Waals surface area contributed by atoms with E-state index in [1.54, 1.807) is 0 Å². The van der Waals surface area contributed by atoms with Gasteiger partial charge in [-0.2, -0.15) is 0 Å². The molecule has 0 saturated heterocycles. The molecule has 0 amide bonds. The topological polar surface area (TPSA) is 0 Å². The largest absolute Gasteiger partial charge is 0.238 e. The zero-order valence-corrected chi connectivity index (χ0v) is 5.61. The Morgan fingerprint density at radius 3 is 2.56 bits per heavy atom. The normalized spacial score (nSPS) is 11.6. The Morgan fingerprint density at radius 1 is 1.44 bits per heavy atom. The van der Waals surface area contributed by atoms with Crippen molar-refractivity contribution in [3.63, 3.8) is 0 Å². The van der Waals surface area contributed by atoms with Crippen molar-refractivity contribution in [1.82, 2.24) is 0 Å². The van der Waals surface area contributed by atoms with E-state index in [4.69, 9.17) is 0 Å². The Balaban J connectivity index is 2.91. The lowest BCUT2D eigenvalue weighted by molar-refractivity contribution is 0.135. The van der Waals surface area contributed by atoms with Gasteiger partial charge in [0, 0.05) is 6.42 Å². The van der Waals surface area contributed by atoms with Crippen molar-refractivity contribution in [3.8, 4) is 0 Å². The highest BCUT2D eigenvalue weighted by atomic mass is 19.3. The summed E-state index contributed by atoms with van der Waals surface area (Å²) in [5.41, 5.74) is 0. The molecule has 0 bridgehead atoms. The summed E-state index contributed by atoms with van der Waals surface area (Å²) >= 11 is 0. The molecule has 0 rings (SSSR count). The summed E-state index contributed by atoms with van der Waals surface area (Å²) in [6.45, 7) is 1.89. The second-order valence-corrected chi connectivity index (χ2v) is 1.89. The quantitative estimate of drug-likeness (QED) is 0.409. The first-order chi connectivity index (χ1) is 4.27. The van der Waals surface area contributed by atoms with Crippen LogP contribution in [0.4, 0.5) is 8.78 Å². The molecule has 0 atom stereocenters. The van der Waals surface area contributed by atoms with Crippen LogP contribution in [0.1, 0.15) is 26.2 Å². The molecule has 0 aromatic carbocycles. The zero-order chi connectivity index (χ0) is 7.11. The first-order valence-corrected chi connectivity index (χ1v) is 3.16. The molecule has 0 aliphatic heterocycles. The van der Waals surface area contributed by atoms with Crippen LogP contribution in [0.25, 0.3) is 0 Å². The fourth-order valence-electron chi connectivity index (χ4n) is 0.557. The van der Waals surface area contributed by atoms with Crippen LogP contribution in [0.5, 0.6) is 0 Å². The number of allylic oxidation sites excluding steroid dienone is 2. The third kappa shape index (κ3) is 7.60. The van der Waals surface area contributed by atoms with Crippen molar-refractivity contribution < 1.29 is 8.78 Å². The van der Waals surface area contributed by atoms with Crippen molar-refractivity contribution in [2.75, 3.05) is 0 Å². The molecule has 0 radical (unpaired) electrons. The third-order valence-corrected chi connectivity index (χ3v) is 1.03. The molecule has 0 aliphatic rings. The minimum atomic E-state index is -2.13. The van der Waals surface area contributed by atoms with Crippen molar-refractivity contribution in [3.05, 3.63) is 12.2 Å². The summed E-state index contributed by atoms with van der Waals surface area (Å²) in [5, 5.41) is 0. The minimum absolute atomic E-state index is 0.0321. The molecule has 0 fully saturated rings. The molecular weight excluding hydrogens is 122 g/mol.